The van der Waals surface area contributed by atoms with Crippen LogP contribution in [0.15, 0.2) is 24.3 Å². The molecule has 2 rings (SSSR count). The average molecular weight is 331 g/mol. The molecule has 0 saturated heterocycles. The highest BCUT2D eigenvalue weighted by atomic mass is 79.9. The van der Waals surface area contributed by atoms with Crippen molar-refractivity contribution in [3.63, 3.8) is 0 Å². The van der Waals surface area contributed by atoms with Gasteiger partial charge in [0.2, 0.25) is 0 Å². The van der Waals surface area contributed by atoms with Gasteiger partial charge in [-0.1, -0.05) is 27.5 Å². The molecule has 0 bridgehead atoms. The van der Waals surface area contributed by atoms with Crippen molar-refractivity contribution in [2.45, 2.75) is 11.9 Å². The number of halogens is 2. The Kier molecular flexibility index (Phi) is 4.74. The topological polar surface area (TPSA) is 39.9 Å². The van der Waals surface area contributed by atoms with E-state index < -0.39 is 0 Å². The Morgan fingerprint density at radius 2 is 2.00 bits per heavy atom. The fraction of sp³-hybridized carbons (Fsp3) is 0.333. The number of aromatic nitrogens is 3. The zero-order valence-electron chi connectivity index (χ0n) is 9.94. The van der Waals surface area contributed by atoms with Crippen LogP contribution in [0.1, 0.15) is 5.82 Å². The van der Waals surface area contributed by atoms with Crippen LogP contribution in [-0.2, 0) is 16.6 Å². The summed E-state index contributed by atoms with van der Waals surface area (Å²) in [5.41, 5.74) is 0.996. The van der Waals surface area contributed by atoms with Crippen LogP contribution in [0.4, 0.5) is 0 Å². The van der Waals surface area contributed by atoms with E-state index in [2.05, 4.69) is 26.1 Å². The molecule has 0 fully saturated rings. The minimum atomic E-state index is 0.624. The molecule has 0 unspecified atom stereocenters. The highest BCUT2D eigenvalue weighted by molar-refractivity contribution is 9.08. The van der Waals surface area contributed by atoms with Gasteiger partial charge in [0.15, 0.2) is 5.82 Å². The first-order valence-corrected chi connectivity index (χ1v) is 6.99. The summed E-state index contributed by atoms with van der Waals surface area (Å²) in [5.74, 6) is 1.72. The molecule has 0 saturated carbocycles. The molecular formula is C12H13BrClN3O. The van der Waals surface area contributed by atoms with Gasteiger partial charge in [-0.3, -0.25) is 0 Å². The molecule has 0 atom stereocenters. The highest BCUT2D eigenvalue weighted by Gasteiger charge is 2.12. The zero-order valence-corrected chi connectivity index (χ0v) is 12.3. The molecule has 96 valence electrons. The first kappa shape index (κ1) is 13.5. The molecule has 2 aromatic rings. The van der Waals surface area contributed by atoms with Crippen LogP contribution in [0.25, 0.3) is 11.4 Å². The van der Waals surface area contributed by atoms with E-state index in [-0.39, 0.29) is 0 Å². The van der Waals surface area contributed by atoms with Gasteiger partial charge in [0, 0.05) is 24.2 Å². The van der Waals surface area contributed by atoms with Gasteiger partial charge in [0.1, 0.15) is 5.82 Å². The van der Waals surface area contributed by atoms with Gasteiger partial charge in [-0.2, -0.15) is 0 Å². The molecule has 1 aromatic heterocycles. The summed E-state index contributed by atoms with van der Waals surface area (Å²) < 4.78 is 7.15. The summed E-state index contributed by atoms with van der Waals surface area (Å²) in [5, 5.41) is 9.76. The normalized spacial score (nSPS) is 10.8. The first-order valence-electron chi connectivity index (χ1n) is 5.49. The van der Waals surface area contributed by atoms with Gasteiger partial charge < -0.3 is 9.30 Å². The van der Waals surface area contributed by atoms with Gasteiger partial charge in [0.05, 0.1) is 11.9 Å². The number of hydrogen-bond acceptors (Lipinski definition) is 3. The molecule has 18 heavy (non-hydrogen) atoms. The van der Waals surface area contributed by atoms with E-state index in [0.717, 1.165) is 23.8 Å². The zero-order chi connectivity index (χ0) is 13.0. The van der Waals surface area contributed by atoms with Gasteiger partial charge in [-0.25, -0.2) is 0 Å². The number of rotatable bonds is 5. The lowest BCUT2D eigenvalue weighted by Gasteiger charge is -2.08. The largest absolute Gasteiger partial charge is 0.383 e. The Morgan fingerprint density at radius 1 is 1.28 bits per heavy atom. The first-order chi connectivity index (χ1) is 8.76. The van der Waals surface area contributed by atoms with E-state index in [4.69, 9.17) is 16.3 Å². The SMILES string of the molecule is COCCn1c(CBr)nnc1-c1ccc(Cl)cc1. The van der Waals surface area contributed by atoms with E-state index in [9.17, 15) is 0 Å². The fourth-order valence-electron chi connectivity index (χ4n) is 1.66. The summed E-state index contributed by atoms with van der Waals surface area (Å²) >= 11 is 9.30. The molecule has 1 heterocycles. The minimum absolute atomic E-state index is 0.624. The number of benzene rings is 1. The maximum atomic E-state index is 5.88. The molecule has 0 aliphatic carbocycles. The van der Waals surface area contributed by atoms with Crippen LogP contribution < -0.4 is 0 Å². The van der Waals surface area contributed by atoms with Gasteiger partial charge >= 0.3 is 0 Å². The van der Waals surface area contributed by atoms with Crippen LogP contribution in [0.5, 0.6) is 0 Å². The van der Waals surface area contributed by atoms with Crippen molar-refractivity contribution < 1.29 is 4.74 Å². The Morgan fingerprint density at radius 3 is 2.61 bits per heavy atom. The predicted molar refractivity (Wildman–Crippen MR) is 75.0 cm³/mol. The van der Waals surface area contributed by atoms with Crippen molar-refractivity contribution in [1.82, 2.24) is 14.8 Å². The Hall–Kier alpha value is -0.910. The van der Waals surface area contributed by atoms with Crippen LogP contribution >= 0.6 is 27.5 Å². The molecule has 6 heteroatoms. The van der Waals surface area contributed by atoms with Crippen LogP contribution in [0.3, 0.4) is 0 Å². The predicted octanol–water partition coefficient (Wildman–Crippen LogP) is 3.14. The van der Waals surface area contributed by atoms with Gasteiger partial charge in [-0.15, -0.1) is 10.2 Å². The van der Waals surface area contributed by atoms with E-state index in [1.807, 2.05) is 28.8 Å². The Labute approximate surface area is 119 Å². The van der Waals surface area contributed by atoms with Crippen LogP contribution in [0, 0.1) is 0 Å². The second kappa shape index (κ2) is 6.31. The highest BCUT2D eigenvalue weighted by Crippen LogP contribution is 2.21. The quantitative estimate of drug-likeness (QED) is 0.791. The second-order valence-corrected chi connectivity index (χ2v) is 4.72. The number of ether oxygens (including phenoxy) is 1. The van der Waals surface area contributed by atoms with E-state index in [0.29, 0.717) is 17.0 Å². The summed E-state index contributed by atoms with van der Waals surface area (Å²) in [4.78, 5) is 0. The third-order valence-corrected chi connectivity index (χ3v) is 3.32. The number of methoxy groups -OCH3 is 1. The monoisotopic (exact) mass is 329 g/mol. The van der Waals surface area contributed by atoms with E-state index >= 15 is 0 Å². The van der Waals surface area contributed by atoms with E-state index in [1.165, 1.54) is 0 Å². The van der Waals surface area contributed by atoms with Crippen molar-refractivity contribution in [3.8, 4) is 11.4 Å². The van der Waals surface area contributed by atoms with Crippen molar-refractivity contribution in [3.05, 3.63) is 35.1 Å². The number of alkyl halides is 1. The van der Waals surface area contributed by atoms with E-state index in [1.54, 1.807) is 7.11 Å². The number of nitrogens with zero attached hydrogens (tertiary/aromatic N) is 3. The Bertz CT molecular complexity index is 513. The summed E-state index contributed by atoms with van der Waals surface area (Å²) in [6.45, 7) is 1.35. The van der Waals surface area contributed by atoms with Crippen molar-refractivity contribution in [2.75, 3.05) is 13.7 Å². The molecule has 0 amide bonds. The molecule has 0 spiro atoms. The molecule has 0 N–H and O–H groups in total. The number of hydrogen-bond donors (Lipinski definition) is 0. The van der Waals surface area contributed by atoms with Crippen molar-refractivity contribution in [2.24, 2.45) is 0 Å². The third kappa shape index (κ3) is 2.91. The fourth-order valence-corrected chi connectivity index (χ4v) is 2.21. The molecule has 4 nitrogen and oxygen atoms in total. The maximum Gasteiger partial charge on any atom is 0.164 e. The third-order valence-electron chi connectivity index (χ3n) is 2.57. The average Bonchev–Trinajstić information content (AvgIpc) is 2.80. The lowest BCUT2D eigenvalue weighted by molar-refractivity contribution is 0.187. The second-order valence-electron chi connectivity index (χ2n) is 3.72. The molecular weight excluding hydrogens is 318 g/mol. The molecule has 0 radical (unpaired) electrons. The standard InChI is InChI=1S/C12H13BrClN3O/c1-18-7-6-17-11(8-13)15-16-12(17)9-2-4-10(14)5-3-9/h2-5H,6-8H2,1H3. The van der Waals surface area contributed by atoms with Gasteiger partial charge in [0.25, 0.3) is 0 Å². The summed E-state index contributed by atoms with van der Waals surface area (Å²) in [6.07, 6.45) is 0. The van der Waals surface area contributed by atoms with Crippen LogP contribution in [-0.4, -0.2) is 28.5 Å². The minimum Gasteiger partial charge on any atom is -0.383 e. The van der Waals surface area contributed by atoms with Crippen LogP contribution in [0.2, 0.25) is 5.02 Å². The van der Waals surface area contributed by atoms with Crippen molar-refractivity contribution in [1.29, 1.82) is 0 Å². The summed E-state index contributed by atoms with van der Waals surface area (Å²) in [6, 6.07) is 7.57. The molecule has 1 aromatic carbocycles. The molecule has 0 aliphatic heterocycles. The van der Waals surface area contributed by atoms with Crippen molar-refractivity contribution >= 4 is 27.5 Å². The smallest absolute Gasteiger partial charge is 0.164 e. The Balaban J connectivity index is 2.37. The molecule has 0 aliphatic rings. The summed E-state index contributed by atoms with van der Waals surface area (Å²) in [7, 11) is 1.68. The lowest BCUT2D eigenvalue weighted by atomic mass is 10.2. The lowest BCUT2D eigenvalue weighted by Crippen LogP contribution is -2.09. The van der Waals surface area contributed by atoms with Gasteiger partial charge in [-0.05, 0) is 24.3 Å². The maximum absolute atomic E-state index is 5.88.